The third-order valence-corrected chi connectivity index (χ3v) is 3.14. The van der Waals surface area contributed by atoms with E-state index in [2.05, 4.69) is 10.3 Å². The highest BCUT2D eigenvalue weighted by atomic mass is 16.1. The largest absolute Gasteiger partial charge is 0.384 e. The maximum atomic E-state index is 12.1. The van der Waals surface area contributed by atoms with Crippen LogP contribution in [-0.4, -0.2) is 16.6 Å². The zero-order valence-electron chi connectivity index (χ0n) is 10.9. The summed E-state index contributed by atoms with van der Waals surface area (Å²) in [5, 5.41) is 2.96. The minimum absolute atomic E-state index is 0.0234. The molecule has 2 heterocycles. The normalized spacial score (nSPS) is 10.4. The lowest BCUT2D eigenvalue weighted by molar-refractivity contribution is 0.704. The molecule has 0 aliphatic carbocycles. The second-order valence-electron chi connectivity index (χ2n) is 4.09. The van der Waals surface area contributed by atoms with Gasteiger partial charge in [-0.05, 0) is 37.6 Å². The molecule has 0 amide bonds. The first-order valence-corrected chi connectivity index (χ1v) is 6.01. The minimum Gasteiger partial charge on any atom is -0.384 e. The SMILES string of the molecule is CCn1c(C)c(-c2ccncc2)cc(NC)c1=O. The van der Waals surface area contributed by atoms with Crippen LogP contribution >= 0.6 is 0 Å². The van der Waals surface area contributed by atoms with E-state index in [0.29, 0.717) is 12.2 Å². The Kier molecular flexibility index (Phi) is 3.46. The Morgan fingerprint density at radius 3 is 2.56 bits per heavy atom. The fraction of sp³-hybridized carbons (Fsp3) is 0.286. The van der Waals surface area contributed by atoms with Crippen molar-refractivity contribution in [3.63, 3.8) is 0 Å². The van der Waals surface area contributed by atoms with Gasteiger partial charge in [-0.3, -0.25) is 9.78 Å². The van der Waals surface area contributed by atoms with Crippen molar-refractivity contribution in [1.29, 1.82) is 0 Å². The van der Waals surface area contributed by atoms with Gasteiger partial charge in [0.1, 0.15) is 5.69 Å². The standard InChI is InChI=1S/C14H17N3O/c1-4-17-10(2)12(9-13(15-3)14(17)18)11-5-7-16-8-6-11/h5-9,15H,4H2,1-3H3. The smallest absolute Gasteiger partial charge is 0.274 e. The lowest BCUT2D eigenvalue weighted by Gasteiger charge is -2.15. The molecule has 18 heavy (non-hydrogen) atoms. The van der Waals surface area contributed by atoms with Crippen LogP contribution in [0.5, 0.6) is 0 Å². The van der Waals surface area contributed by atoms with Crippen LogP contribution in [0.2, 0.25) is 0 Å². The van der Waals surface area contributed by atoms with Crippen molar-refractivity contribution in [3.8, 4) is 11.1 Å². The molecular formula is C14H17N3O. The maximum absolute atomic E-state index is 12.1. The molecule has 0 atom stereocenters. The molecule has 0 aromatic carbocycles. The molecule has 0 spiro atoms. The molecule has 2 rings (SSSR count). The number of hydrogen-bond donors (Lipinski definition) is 1. The second-order valence-corrected chi connectivity index (χ2v) is 4.09. The van der Waals surface area contributed by atoms with Crippen LogP contribution in [0.15, 0.2) is 35.4 Å². The first-order chi connectivity index (χ1) is 8.69. The molecule has 0 fully saturated rings. The number of aromatic nitrogens is 2. The second kappa shape index (κ2) is 5.04. The van der Waals surface area contributed by atoms with Crippen LogP contribution in [0.4, 0.5) is 5.69 Å². The Bertz CT molecular complexity index is 602. The Balaban J connectivity index is 2.73. The Labute approximate surface area is 106 Å². The third kappa shape index (κ3) is 2.01. The predicted molar refractivity (Wildman–Crippen MR) is 73.9 cm³/mol. The fourth-order valence-electron chi connectivity index (χ4n) is 2.14. The van der Waals surface area contributed by atoms with Crippen molar-refractivity contribution in [3.05, 3.63) is 46.6 Å². The number of nitrogens with one attached hydrogen (secondary N) is 1. The quantitative estimate of drug-likeness (QED) is 0.899. The summed E-state index contributed by atoms with van der Waals surface area (Å²) in [5.41, 5.74) is 3.75. The van der Waals surface area contributed by atoms with E-state index in [1.165, 1.54) is 0 Å². The van der Waals surface area contributed by atoms with Crippen LogP contribution < -0.4 is 10.9 Å². The first kappa shape index (κ1) is 12.4. The maximum Gasteiger partial charge on any atom is 0.274 e. The molecule has 94 valence electrons. The van der Waals surface area contributed by atoms with E-state index in [1.807, 2.05) is 32.0 Å². The minimum atomic E-state index is 0.0234. The average molecular weight is 243 g/mol. The van der Waals surface area contributed by atoms with Gasteiger partial charge in [0.2, 0.25) is 0 Å². The predicted octanol–water partition coefficient (Wildman–Crippen LogP) is 2.28. The molecule has 0 radical (unpaired) electrons. The number of pyridine rings is 2. The van der Waals surface area contributed by atoms with Crippen molar-refractivity contribution in [1.82, 2.24) is 9.55 Å². The summed E-state index contributed by atoms with van der Waals surface area (Å²) >= 11 is 0. The highest BCUT2D eigenvalue weighted by Crippen LogP contribution is 2.23. The van der Waals surface area contributed by atoms with E-state index in [4.69, 9.17) is 0 Å². The molecule has 0 saturated carbocycles. The van der Waals surface area contributed by atoms with Gasteiger partial charge in [0.05, 0.1) is 0 Å². The lowest BCUT2D eigenvalue weighted by atomic mass is 10.0. The van der Waals surface area contributed by atoms with Gasteiger partial charge < -0.3 is 9.88 Å². The molecule has 4 heteroatoms. The summed E-state index contributed by atoms with van der Waals surface area (Å²) in [6.45, 7) is 4.61. The van der Waals surface area contributed by atoms with Crippen molar-refractivity contribution < 1.29 is 0 Å². The van der Waals surface area contributed by atoms with Crippen molar-refractivity contribution >= 4 is 5.69 Å². The average Bonchev–Trinajstić information content (AvgIpc) is 2.41. The lowest BCUT2D eigenvalue weighted by Crippen LogP contribution is -2.24. The van der Waals surface area contributed by atoms with E-state index < -0.39 is 0 Å². The van der Waals surface area contributed by atoms with Crippen LogP contribution in [0.1, 0.15) is 12.6 Å². The molecule has 1 N–H and O–H groups in total. The van der Waals surface area contributed by atoms with Gasteiger partial charge in [0.25, 0.3) is 5.56 Å². The summed E-state index contributed by atoms with van der Waals surface area (Å²) in [6.07, 6.45) is 3.52. The zero-order valence-corrected chi connectivity index (χ0v) is 10.9. The molecule has 0 aliphatic heterocycles. The molecule has 2 aromatic rings. The molecule has 0 unspecified atom stereocenters. The highest BCUT2D eigenvalue weighted by Gasteiger charge is 2.11. The van der Waals surface area contributed by atoms with Crippen LogP contribution in [0.3, 0.4) is 0 Å². The van der Waals surface area contributed by atoms with Gasteiger partial charge in [0.15, 0.2) is 0 Å². The fourth-order valence-corrected chi connectivity index (χ4v) is 2.14. The Morgan fingerprint density at radius 1 is 1.33 bits per heavy atom. The molecule has 0 aliphatic rings. The number of nitrogens with zero attached hydrogens (tertiary/aromatic N) is 2. The summed E-state index contributed by atoms with van der Waals surface area (Å²) < 4.78 is 1.78. The summed E-state index contributed by atoms with van der Waals surface area (Å²) in [4.78, 5) is 16.1. The van der Waals surface area contributed by atoms with E-state index in [-0.39, 0.29) is 5.56 Å². The van der Waals surface area contributed by atoms with E-state index in [1.54, 1.807) is 24.0 Å². The zero-order chi connectivity index (χ0) is 13.1. The van der Waals surface area contributed by atoms with Crippen LogP contribution in [0, 0.1) is 6.92 Å². The molecule has 0 bridgehead atoms. The third-order valence-electron chi connectivity index (χ3n) is 3.14. The van der Waals surface area contributed by atoms with Gasteiger partial charge >= 0.3 is 0 Å². The summed E-state index contributed by atoms with van der Waals surface area (Å²) in [6, 6.07) is 5.80. The molecule has 4 nitrogen and oxygen atoms in total. The van der Waals surface area contributed by atoms with Gasteiger partial charge in [-0.15, -0.1) is 0 Å². The number of rotatable bonds is 3. The van der Waals surface area contributed by atoms with Gasteiger partial charge in [-0.1, -0.05) is 0 Å². The topological polar surface area (TPSA) is 46.9 Å². The van der Waals surface area contributed by atoms with E-state index in [9.17, 15) is 4.79 Å². The van der Waals surface area contributed by atoms with Gasteiger partial charge in [0, 0.05) is 37.2 Å². The highest BCUT2D eigenvalue weighted by molar-refractivity contribution is 5.69. The van der Waals surface area contributed by atoms with Crippen molar-refractivity contribution in [2.75, 3.05) is 12.4 Å². The van der Waals surface area contributed by atoms with Gasteiger partial charge in [-0.2, -0.15) is 0 Å². The number of hydrogen-bond acceptors (Lipinski definition) is 3. The van der Waals surface area contributed by atoms with Crippen molar-refractivity contribution in [2.45, 2.75) is 20.4 Å². The number of anilines is 1. The summed E-state index contributed by atoms with van der Waals surface area (Å²) in [7, 11) is 1.77. The van der Waals surface area contributed by atoms with Crippen molar-refractivity contribution in [2.24, 2.45) is 0 Å². The van der Waals surface area contributed by atoms with Crippen LogP contribution in [-0.2, 0) is 6.54 Å². The molecule has 0 saturated heterocycles. The summed E-state index contributed by atoms with van der Waals surface area (Å²) in [5.74, 6) is 0. The van der Waals surface area contributed by atoms with Crippen LogP contribution in [0.25, 0.3) is 11.1 Å². The van der Waals surface area contributed by atoms with E-state index >= 15 is 0 Å². The monoisotopic (exact) mass is 243 g/mol. The van der Waals surface area contributed by atoms with Gasteiger partial charge in [-0.25, -0.2) is 0 Å². The van der Waals surface area contributed by atoms with E-state index in [0.717, 1.165) is 16.8 Å². The molecule has 2 aromatic heterocycles. The Morgan fingerprint density at radius 2 is 2.00 bits per heavy atom. The molecular weight excluding hydrogens is 226 g/mol. The Hall–Kier alpha value is -2.10. The first-order valence-electron chi connectivity index (χ1n) is 6.01.